The number of methoxy groups -OCH3 is 1. The van der Waals surface area contributed by atoms with Gasteiger partial charge in [-0.05, 0) is 49.6 Å². The van der Waals surface area contributed by atoms with Crippen molar-refractivity contribution in [3.63, 3.8) is 0 Å². The van der Waals surface area contributed by atoms with Crippen molar-refractivity contribution in [2.24, 2.45) is 0 Å². The smallest absolute Gasteiger partial charge is 0.255 e. The van der Waals surface area contributed by atoms with E-state index in [0.717, 1.165) is 32.1 Å². The Balaban J connectivity index is 1.81. The first-order chi connectivity index (χ1) is 15.0. The van der Waals surface area contributed by atoms with E-state index in [1.807, 2.05) is 0 Å². The lowest BCUT2D eigenvalue weighted by Gasteiger charge is -2.26. The van der Waals surface area contributed by atoms with Crippen molar-refractivity contribution in [1.29, 1.82) is 0 Å². The summed E-state index contributed by atoms with van der Waals surface area (Å²) in [6, 6.07) is 11.4. The molecule has 1 heterocycles. The number of nitrogens with zero attached hydrogens (tertiary/aromatic N) is 1. The number of unbranched alkanes of at least 4 members (excludes halogenated alkanes) is 1. The number of amides is 1. The first-order valence-electron chi connectivity index (χ1n) is 10.7. The molecule has 1 fully saturated rings. The monoisotopic (exact) mass is 446 g/mol. The second-order valence-corrected chi connectivity index (χ2v) is 9.45. The van der Waals surface area contributed by atoms with E-state index in [4.69, 9.17) is 9.47 Å². The molecule has 0 unspecified atom stereocenters. The van der Waals surface area contributed by atoms with Gasteiger partial charge in [-0.3, -0.25) is 4.79 Å². The van der Waals surface area contributed by atoms with E-state index in [1.54, 1.807) is 37.4 Å². The highest BCUT2D eigenvalue weighted by molar-refractivity contribution is 7.89. The summed E-state index contributed by atoms with van der Waals surface area (Å²) in [7, 11) is -2.07. The minimum atomic E-state index is -3.62. The van der Waals surface area contributed by atoms with Gasteiger partial charge in [-0.1, -0.05) is 25.8 Å². The Labute approximate surface area is 184 Å². The van der Waals surface area contributed by atoms with Crippen molar-refractivity contribution in [2.45, 2.75) is 43.9 Å². The third-order valence-corrected chi connectivity index (χ3v) is 7.13. The fourth-order valence-corrected chi connectivity index (χ4v) is 5.00. The average molecular weight is 447 g/mol. The molecule has 168 valence electrons. The Morgan fingerprint density at radius 1 is 1.10 bits per heavy atom. The minimum absolute atomic E-state index is 0.132. The summed E-state index contributed by atoms with van der Waals surface area (Å²) in [5.74, 6) is 0.712. The van der Waals surface area contributed by atoms with Gasteiger partial charge in [-0.15, -0.1) is 0 Å². The van der Waals surface area contributed by atoms with Gasteiger partial charge in [0.2, 0.25) is 10.0 Å². The number of carbonyl (C=O) groups excluding carboxylic acids is 1. The molecule has 1 amide bonds. The zero-order chi connectivity index (χ0) is 22.3. The molecule has 31 heavy (non-hydrogen) atoms. The fraction of sp³-hybridized carbons (Fsp3) is 0.435. The van der Waals surface area contributed by atoms with Crippen molar-refractivity contribution in [3.8, 4) is 11.5 Å². The Morgan fingerprint density at radius 2 is 1.87 bits per heavy atom. The number of hydrogen-bond donors (Lipinski definition) is 1. The molecule has 0 bridgehead atoms. The number of carbonyl (C=O) groups is 1. The van der Waals surface area contributed by atoms with E-state index in [1.165, 1.54) is 16.4 Å². The van der Waals surface area contributed by atoms with Crippen molar-refractivity contribution >= 4 is 21.6 Å². The number of sulfonamides is 1. The van der Waals surface area contributed by atoms with Gasteiger partial charge in [0, 0.05) is 24.7 Å². The molecule has 0 spiro atoms. The van der Waals surface area contributed by atoms with E-state index in [-0.39, 0.29) is 10.5 Å². The molecule has 1 aliphatic heterocycles. The Morgan fingerprint density at radius 3 is 2.58 bits per heavy atom. The summed E-state index contributed by atoms with van der Waals surface area (Å²) in [5, 5.41) is 2.83. The van der Waals surface area contributed by atoms with E-state index in [0.29, 0.717) is 36.9 Å². The van der Waals surface area contributed by atoms with Crippen LogP contribution >= 0.6 is 0 Å². The molecule has 7 nitrogen and oxygen atoms in total. The highest BCUT2D eigenvalue weighted by Gasteiger charge is 2.26. The largest absolute Gasteiger partial charge is 0.497 e. The third-order valence-electron chi connectivity index (χ3n) is 5.24. The molecule has 0 aromatic heterocycles. The Bertz CT molecular complexity index is 1000. The molecule has 0 radical (unpaired) electrons. The molecule has 1 N–H and O–H groups in total. The summed E-state index contributed by atoms with van der Waals surface area (Å²) in [6.45, 7) is 3.64. The normalized spacial score (nSPS) is 14.8. The topological polar surface area (TPSA) is 84.9 Å². The van der Waals surface area contributed by atoms with Crippen LogP contribution in [0.4, 0.5) is 5.69 Å². The zero-order valence-corrected chi connectivity index (χ0v) is 18.9. The van der Waals surface area contributed by atoms with Gasteiger partial charge in [-0.2, -0.15) is 4.31 Å². The first kappa shape index (κ1) is 23.1. The second-order valence-electron chi connectivity index (χ2n) is 7.51. The lowest BCUT2D eigenvalue weighted by atomic mass is 10.2. The second kappa shape index (κ2) is 10.6. The van der Waals surface area contributed by atoms with Crippen LogP contribution < -0.4 is 14.8 Å². The summed E-state index contributed by atoms with van der Waals surface area (Å²) in [6.07, 6.45) is 4.65. The first-order valence-corrected chi connectivity index (χ1v) is 12.1. The van der Waals surface area contributed by atoms with Crippen molar-refractivity contribution < 1.29 is 22.7 Å². The molecular formula is C23H30N2O5S. The van der Waals surface area contributed by atoms with Crippen LogP contribution in [0.3, 0.4) is 0 Å². The summed E-state index contributed by atoms with van der Waals surface area (Å²) >= 11 is 0. The van der Waals surface area contributed by atoms with E-state index in [9.17, 15) is 13.2 Å². The van der Waals surface area contributed by atoms with Crippen LogP contribution in [0.2, 0.25) is 0 Å². The van der Waals surface area contributed by atoms with Crippen LogP contribution in [0.25, 0.3) is 0 Å². The standard InChI is InChI=1S/C23H30N2O5S/c1-3-4-15-30-22-12-11-19(29-2)17-21(22)24-23(26)18-9-8-10-20(16-18)31(27,28)25-13-6-5-7-14-25/h8-12,16-17H,3-7,13-15H2,1-2H3,(H,24,26). The fourth-order valence-electron chi connectivity index (χ4n) is 3.43. The molecule has 8 heteroatoms. The molecule has 1 saturated heterocycles. The number of rotatable bonds is 9. The van der Waals surface area contributed by atoms with Gasteiger partial charge in [0.05, 0.1) is 24.3 Å². The van der Waals surface area contributed by atoms with Crippen molar-refractivity contribution in [2.75, 3.05) is 32.1 Å². The predicted molar refractivity (Wildman–Crippen MR) is 120 cm³/mol. The maximum Gasteiger partial charge on any atom is 0.255 e. The van der Waals surface area contributed by atoms with Crippen LogP contribution in [0.15, 0.2) is 47.4 Å². The third kappa shape index (κ3) is 5.77. The maximum absolute atomic E-state index is 13.0. The SMILES string of the molecule is CCCCOc1ccc(OC)cc1NC(=O)c1cccc(S(=O)(=O)N2CCCCC2)c1. The Kier molecular flexibility index (Phi) is 7.92. The average Bonchev–Trinajstić information content (AvgIpc) is 2.80. The Hall–Kier alpha value is -2.58. The zero-order valence-electron chi connectivity index (χ0n) is 18.1. The van der Waals surface area contributed by atoms with Gasteiger partial charge in [0.1, 0.15) is 11.5 Å². The molecule has 0 aliphatic carbocycles. The quantitative estimate of drug-likeness (QED) is 0.581. The number of piperidine rings is 1. The molecule has 0 saturated carbocycles. The molecular weight excluding hydrogens is 416 g/mol. The summed E-state index contributed by atoms with van der Waals surface area (Å²) in [4.78, 5) is 13.1. The van der Waals surface area contributed by atoms with E-state index in [2.05, 4.69) is 12.2 Å². The van der Waals surface area contributed by atoms with Gasteiger partial charge < -0.3 is 14.8 Å². The lowest BCUT2D eigenvalue weighted by molar-refractivity contribution is 0.102. The van der Waals surface area contributed by atoms with Crippen LogP contribution in [-0.4, -0.2) is 45.4 Å². The van der Waals surface area contributed by atoms with Gasteiger partial charge in [-0.25, -0.2) is 8.42 Å². The van der Waals surface area contributed by atoms with Gasteiger partial charge in [0.15, 0.2) is 0 Å². The van der Waals surface area contributed by atoms with Gasteiger partial charge >= 0.3 is 0 Å². The van der Waals surface area contributed by atoms with Crippen LogP contribution in [0.1, 0.15) is 49.4 Å². The van der Waals surface area contributed by atoms with Crippen molar-refractivity contribution in [3.05, 3.63) is 48.0 Å². The number of nitrogens with one attached hydrogen (secondary N) is 1. The number of hydrogen-bond acceptors (Lipinski definition) is 5. The summed E-state index contributed by atoms with van der Waals surface area (Å²) < 4.78 is 38.5. The molecule has 0 atom stereocenters. The molecule has 1 aliphatic rings. The molecule has 2 aromatic carbocycles. The number of anilines is 1. The minimum Gasteiger partial charge on any atom is -0.497 e. The maximum atomic E-state index is 13.0. The summed E-state index contributed by atoms with van der Waals surface area (Å²) in [5.41, 5.74) is 0.741. The molecule has 3 rings (SSSR count). The lowest BCUT2D eigenvalue weighted by Crippen LogP contribution is -2.35. The highest BCUT2D eigenvalue weighted by Crippen LogP contribution is 2.30. The number of benzene rings is 2. The van der Waals surface area contributed by atoms with Crippen LogP contribution in [0.5, 0.6) is 11.5 Å². The van der Waals surface area contributed by atoms with Crippen LogP contribution in [0, 0.1) is 0 Å². The van der Waals surface area contributed by atoms with Crippen LogP contribution in [-0.2, 0) is 10.0 Å². The predicted octanol–water partition coefficient (Wildman–Crippen LogP) is 4.30. The van der Waals surface area contributed by atoms with Gasteiger partial charge in [0.25, 0.3) is 5.91 Å². The number of ether oxygens (including phenoxy) is 2. The van der Waals surface area contributed by atoms with E-state index >= 15 is 0 Å². The van der Waals surface area contributed by atoms with E-state index < -0.39 is 15.9 Å². The highest BCUT2D eigenvalue weighted by atomic mass is 32.2. The van der Waals surface area contributed by atoms with Crippen molar-refractivity contribution in [1.82, 2.24) is 4.31 Å². The molecule has 2 aromatic rings.